The Morgan fingerprint density at radius 3 is 3.00 bits per heavy atom. The van der Waals surface area contributed by atoms with Gasteiger partial charge in [-0.25, -0.2) is 13.1 Å². The second-order valence-electron chi connectivity index (χ2n) is 4.39. The predicted octanol–water partition coefficient (Wildman–Crippen LogP) is 2.19. The summed E-state index contributed by atoms with van der Waals surface area (Å²) in [5.74, 6) is -0.0622. The van der Waals surface area contributed by atoms with Crippen LogP contribution in [0.15, 0.2) is 37.1 Å². The van der Waals surface area contributed by atoms with Gasteiger partial charge in [-0.2, -0.15) is 5.10 Å². The average Bonchev–Trinajstić information content (AvgIpc) is 2.77. The zero-order valence-corrected chi connectivity index (χ0v) is 12.5. The van der Waals surface area contributed by atoms with Crippen molar-refractivity contribution in [3.63, 3.8) is 0 Å². The molecule has 1 N–H and O–H groups in total. The van der Waals surface area contributed by atoms with Gasteiger partial charge < -0.3 is 0 Å². The maximum absolute atomic E-state index is 11.4. The van der Waals surface area contributed by atoms with Gasteiger partial charge in [0.05, 0.1) is 17.5 Å². The van der Waals surface area contributed by atoms with Gasteiger partial charge in [-0.3, -0.25) is 4.68 Å². The molecular weight excluding hydrogens is 298 g/mol. The molecule has 0 saturated carbocycles. The lowest BCUT2D eigenvalue weighted by atomic mass is 10.2. The van der Waals surface area contributed by atoms with Crippen molar-refractivity contribution in [2.45, 2.75) is 13.0 Å². The first-order valence-electron chi connectivity index (χ1n) is 6.21. The van der Waals surface area contributed by atoms with E-state index in [9.17, 15) is 8.42 Å². The van der Waals surface area contributed by atoms with Gasteiger partial charge >= 0.3 is 0 Å². The third-order valence-electron chi connectivity index (χ3n) is 2.81. The SMILES string of the molecule is C=CCS(=O)(=O)NCCCn1ncc2ccc(Cl)cc21. The largest absolute Gasteiger partial charge is 0.265 e. The summed E-state index contributed by atoms with van der Waals surface area (Å²) in [6, 6.07) is 5.58. The normalized spacial score (nSPS) is 11.8. The van der Waals surface area contributed by atoms with E-state index >= 15 is 0 Å². The van der Waals surface area contributed by atoms with Crippen LogP contribution in [0, 0.1) is 0 Å². The van der Waals surface area contributed by atoms with E-state index in [1.54, 1.807) is 6.20 Å². The molecule has 0 bridgehead atoms. The number of aryl methyl sites for hydroxylation is 1. The van der Waals surface area contributed by atoms with Crippen LogP contribution in [0.1, 0.15) is 6.42 Å². The highest BCUT2D eigenvalue weighted by Crippen LogP contribution is 2.19. The van der Waals surface area contributed by atoms with E-state index in [1.807, 2.05) is 22.9 Å². The molecule has 20 heavy (non-hydrogen) atoms. The second kappa shape index (κ2) is 6.39. The van der Waals surface area contributed by atoms with Crippen molar-refractivity contribution < 1.29 is 8.42 Å². The van der Waals surface area contributed by atoms with Crippen molar-refractivity contribution >= 4 is 32.5 Å². The lowest BCUT2D eigenvalue weighted by molar-refractivity contribution is 0.562. The zero-order valence-electron chi connectivity index (χ0n) is 10.9. The number of fused-ring (bicyclic) bond motifs is 1. The fourth-order valence-corrected chi connectivity index (χ4v) is 2.94. The highest BCUT2D eigenvalue weighted by molar-refractivity contribution is 7.89. The van der Waals surface area contributed by atoms with Crippen LogP contribution in [0.3, 0.4) is 0 Å². The minimum atomic E-state index is -3.24. The van der Waals surface area contributed by atoms with Gasteiger partial charge in [0.1, 0.15) is 0 Å². The van der Waals surface area contributed by atoms with Crippen LogP contribution in [0.5, 0.6) is 0 Å². The Hall–Kier alpha value is -1.37. The smallest absolute Gasteiger partial charge is 0.215 e. The van der Waals surface area contributed by atoms with E-state index in [0.29, 0.717) is 24.5 Å². The number of sulfonamides is 1. The van der Waals surface area contributed by atoms with E-state index in [0.717, 1.165) is 10.9 Å². The summed E-state index contributed by atoms with van der Waals surface area (Å²) in [5, 5.41) is 5.95. The number of halogens is 1. The number of rotatable bonds is 7. The molecule has 2 rings (SSSR count). The summed E-state index contributed by atoms with van der Waals surface area (Å²) < 4.78 is 27.2. The maximum Gasteiger partial charge on any atom is 0.215 e. The molecule has 0 amide bonds. The molecule has 0 aliphatic rings. The van der Waals surface area contributed by atoms with Gasteiger partial charge in [0.25, 0.3) is 0 Å². The highest BCUT2D eigenvalue weighted by Gasteiger charge is 2.07. The summed E-state index contributed by atoms with van der Waals surface area (Å²) in [7, 11) is -3.24. The fraction of sp³-hybridized carbons (Fsp3) is 0.308. The average molecular weight is 314 g/mol. The molecule has 0 aliphatic carbocycles. The van der Waals surface area contributed by atoms with Crippen LogP contribution in [-0.4, -0.2) is 30.5 Å². The van der Waals surface area contributed by atoms with E-state index in [2.05, 4.69) is 16.4 Å². The molecule has 0 radical (unpaired) electrons. The molecule has 0 spiro atoms. The lowest BCUT2D eigenvalue weighted by Gasteiger charge is -2.06. The monoisotopic (exact) mass is 313 g/mol. The maximum atomic E-state index is 11.4. The summed E-state index contributed by atoms with van der Waals surface area (Å²) in [5.41, 5.74) is 0.950. The minimum absolute atomic E-state index is 0.0622. The van der Waals surface area contributed by atoms with Gasteiger partial charge in [0.15, 0.2) is 0 Å². The number of hydrogen-bond donors (Lipinski definition) is 1. The second-order valence-corrected chi connectivity index (χ2v) is 6.68. The molecule has 5 nitrogen and oxygen atoms in total. The van der Waals surface area contributed by atoms with E-state index in [1.165, 1.54) is 6.08 Å². The van der Waals surface area contributed by atoms with Crippen molar-refractivity contribution in [2.75, 3.05) is 12.3 Å². The molecule has 108 valence electrons. The first kappa shape index (κ1) is 15.0. The number of nitrogens with one attached hydrogen (secondary N) is 1. The summed E-state index contributed by atoms with van der Waals surface area (Å²) >= 11 is 5.96. The van der Waals surface area contributed by atoms with E-state index in [4.69, 9.17) is 11.6 Å². The molecule has 7 heteroatoms. The summed E-state index contributed by atoms with van der Waals surface area (Å²) in [6.07, 6.45) is 3.79. The van der Waals surface area contributed by atoms with Crippen LogP contribution in [0.25, 0.3) is 10.9 Å². The van der Waals surface area contributed by atoms with Crippen molar-refractivity contribution in [3.05, 3.63) is 42.1 Å². The number of benzene rings is 1. The topological polar surface area (TPSA) is 64.0 Å². The first-order chi connectivity index (χ1) is 9.52. The summed E-state index contributed by atoms with van der Waals surface area (Å²) in [4.78, 5) is 0. The lowest BCUT2D eigenvalue weighted by Crippen LogP contribution is -2.27. The van der Waals surface area contributed by atoms with E-state index in [-0.39, 0.29) is 5.75 Å². The zero-order chi connectivity index (χ0) is 14.6. The summed E-state index contributed by atoms with van der Waals surface area (Å²) in [6.45, 7) is 4.41. The number of aromatic nitrogens is 2. The molecule has 0 fully saturated rings. The molecule has 0 unspecified atom stereocenters. The van der Waals surface area contributed by atoms with Crippen molar-refractivity contribution in [1.29, 1.82) is 0 Å². The molecule has 1 aromatic carbocycles. The first-order valence-corrected chi connectivity index (χ1v) is 8.24. The Bertz CT molecular complexity index is 709. The quantitative estimate of drug-likeness (QED) is 0.629. The van der Waals surface area contributed by atoms with E-state index < -0.39 is 10.0 Å². The fourth-order valence-electron chi connectivity index (χ4n) is 1.89. The minimum Gasteiger partial charge on any atom is -0.265 e. The molecule has 0 saturated heterocycles. The molecule has 1 aromatic heterocycles. The van der Waals surface area contributed by atoms with Gasteiger partial charge in [0.2, 0.25) is 10.0 Å². The van der Waals surface area contributed by atoms with Crippen molar-refractivity contribution in [3.8, 4) is 0 Å². The molecule has 2 aromatic rings. The Morgan fingerprint density at radius 1 is 1.45 bits per heavy atom. The van der Waals surface area contributed by atoms with Gasteiger partial charge in [0, 0.05) is 23.5 Å². The van der Waals surface area contributed by atoms with Crippen LogP contribution < -0.4 is 4.72 Å². The standard InChI is InChI=1S/C13H16ClN3O2S/c1-2-8-20(18,19)16-6-3-7-17-13-9-12(14)5-4-11(13)10-15-17/h2,4-5,9-10,16H,1,3,6-8H2. The Kier molecular flexibility index (Phi) is 4.80. The molecule has 1 heterocycles. The van der Waals surface area contributed by atoms with Crippen molar-refractivity contribution in [1.82, 2.24) is 14.5 Å². The third-order valence-corrected chi connectivity index (χ3v) is 4.37. The van der Waals surface area contributed by atoms with Crippen LogP contribution in [-0.2, 0) is 16.6 Å². The third kappa shape index (κ3) is 3.82. The Balaban J connectivity index is 1.93. The Morgan fingerprint density at radius 2 is 2.25 bits per heavy atom. The number of nitrogens with zero attached hydrogens (tertiary/aromatic N) is 2. The van der Waals surface area contributed by atoms with Gasteiger partial charge in [-0.1, -0.05) is 17.7 Å². The molecular formula is C13H16ClN3O2S. The van der Waals surface area contributed by atoms with Crippen LogP contribution in [0.2, 0.25) is 5.02 Å². The highest BCUT2D eigenvalue weighted by atomic mass is 35.5. The van der Waals surface area contributed by atoms with Crippen LogP contribution >= 0.6 is 11.6 Å². The Labute approximate surface area is 123 Å². The predicted molar refractivity (Wildman–Crippen MR) is 81.3 cm³/mol. The number of hydrogen-bond acceptors (Lipinski definition) is 3. The molecule has 0 aliphatic heterocycles. The van der Waals surface area contributed by atoms with Gasteiger partial charge in [-0.15, -0.1) is 6.58 Å². The van der Waals surface area contributed by atoms with Crippen molar-refractivity contribution in [2.24, 2.45) is 0 Å². The van der Waals surface area contributed by atoms with Crippen LogP contribution in [0.4, 0.5) is 0 Å². The molecule has 0 atom stereocenters. The van der Waals surface area contributed by atoms with Gasteiger partial charge in [-0.05, 0) is 24.6 Å².